The first-order chi connectivity index (χ1) is 5.60. The maximum Gasteiger partial charge on any atom is 0.217 e. The van der Waals surface area contributed by atoms with Crippen molar-refractivity contribution in [1.29, 1.82) is 0 Å². The van der Waals surface area contributed by atoms with Gasteiger partial charge in [-0.1, -0.05) is 13.8 Å². The summed E-state index contributed by atoms with van der Waals surface area (Å²) in [6.07, 6.45) is 3.27. The Morgan fingerprint density at radius 1 is 1.42 bits per heavy atom. The van der Waals surface area contributed by atoms with Gasteiger partial charge in [0.25, 0.3) is 0 Å². The van der Waals surface area contributed by atoms with Crippen molar-refractivity contribution >= 4 is 12.2 Å². The van der Waals surface area contributed by atoms with Crippen molar-refractivity contribution in [3.8, 4) is 0 Å². The average Bonchev–Trinajstić information content (AvgIpc) is 2.03. The van der Waals surface area contributed by atoms with Crippen molar-refractivity contribution in [2.75, 3.05) is 0 Å². The second kappa shape index (κ2) is 4.91. The molecule has 0 aromatic heterocycles. The first-order valence-corrected chi connectivity index (χ1v) is 4.32. The molecule has 2 N–H and O–H groups in total. The maximum absolute atomic E-state index is 10.7. The van der Waals surface area contributed by atoms with Crippen LogP contribution in [0.4, 0.5) is 0 Å². The standard InChI is InChI=1S/C9H17NO2/c1-3-9(4-2,5-6-11)7-8(10)12/h6H,3-5,7H2,1-2H3,(H2,10,12). The Balaban J connectivity index is 4.33. The molecule has 0 atom stereocenters. The lowest BCUT2D eigenvalue weighted by Gasteiger charge is -2.27. The molecule has 70 valence electrons. The minimum atomic E-state index is -0.319. The highest BCUT2D eigenvalue weighted by Crippen LogP contribution is 2.33. The van der Waals surface area contributed by atoms with Crippen LogP contribution in [0.15, 0.2) is 0 Å². The van der Waals surface area contributed by atoms with Crippen molar-refractivity contribution in [2.24, 2.45) is 11.1 Å². The largest absolute Gasteiger partial charge is 0.370 e. The lowest BCUT2D eigenvalue weighted by molar-refractivity contribution is -0.121. The minimum Gasteiger partial charge on any atom is -0.370 e. The third-order valence-electron chi connectivity index (χ3n) is 2.57. The van der Waals surface area contributed by atoms with Crippen LogP contribution in [0, 0.1) is 5.41 Å². The second-order valence-corrected chi connectivity index (χ2v) is 3.22. The van der Waals surface area contributed by atoms with Crippen molar-refractivity contribution in [1.82, 2.24) is 0 Å². The van der Waals surface area contributed by atoms with Crippen LogP contribution in [0.3, 0.4) is 0 Å². The zero-order chi connectivity index (χ0) is 9.61. The molecule has 0 heterocycles. The molecule has 0 bridgehead atoms. The highest BCUT2D eigenvalue weighted by atomic mass is 16.1. The summed E-state index contributed by atoms with van der Waals surface area (Å²) in [6, 6.07) is 0. The minimum absolute atomic E-state index is 0.187. The van der Waals surface area contributed by atoms with Gasteiger partial charge < -0.3 is 10.5 Å². The third-order valence-corrected chi connectivity index (χ3v) is 2.57. The summed E-state index contributed by atoms with van der Waals surface area (Å²) in [5, 5.41) is 0. The van der Waals surface area contributed by atoms with Crippen molar-refractivity contribution in [3.63, 3.8) is 0 Å². The van der Waals surface area contributed by atoms with E-state index in [2.05, 4.69) is 0 Å². The molecule has 0 saturated heterocycles. The van der Waals surface area contributed by atoms with Crippen LogP contribution >= 0.6 is 0 Å². The van der Waals surface area contributed by atoms with Gasteiger partial charge in [-0.2, -0.15) is 0 Å². The molecule has 0 unspecified atom stereocenters. The summed E-state index contributed by atoms with van der Waals surface area (Å²) in [4.78, 5) is 21.1. The van der Waals surface area contributed by atoms with Crippen LogP contribution < -0.4 is 5.73 Å². The molecule has 3 nitrogen and oxygen atoms in total. The molecule has 0 fully saturated rings. The van der Waals surface area contributed by atoms with Crippen LogP contribution in [-0.4, -0.2) is 12.2 Å². The predicted molar refractivity (Wildman–Crippen MR) is 47.5 cm³/mol. The van der Waals surface area contributed by atoms with Gasteiger partial charge in [0, 0.05) is 12.8 Å². The molecule has 0 aromatic carbocycles. The molecule has 1 amide bonds. The molecule has 0 aliphatic carbocycles. The molecule has 0 rings (SSSR count). The Morgan fingerprint density at radius 2 is 1.92 bits per heavy atom. The fraction of sp³-hybridized carbons (Fsp3) is 0.778. The van der Waals surface area contributed by atoms with E-state index in [1.807, 2.05) is 13.8 Å². The van der Waals surface area contributed by atoms with Gasteiger partial charge in [0.2, 0.25) is 5.91 Å². The van der Waals surface area contributed by atoms with E-state index >= 15 is 0 Å². The van der Waals surface area contributed by atoms with Gasteiger partial charge in [0.05, 0.1) is 0 Å². The van der Waals surface area contributed by atoms with E-state index in [9.17, 15) is 9.59 Å². The molecule has 0 aliphatic rings. The maximum atomic E-state index is 10.7. The van der Waals surface area contributed by atoms with Crippen LogP contribution in [0.2, 0.25) is 0 Å². The first kappa shape index (κ1) is 11.1. The first-order valence-electron chi connectivity index (χ1n) is 4.32. The van der Waals surface area contributed by atoms with Gasteiger partial charge in [-0.3, -0.25) is 4.79 Å². The molecule has 12 heavy (non-hydrogen) atoms. The number of nitrogens with two attached hydrogens (primary N) is 1. The Labute approximate surface area is 73.3 Å². The quantitative estimate of drug-likeness (QED) is 0.611. The topological polar surface area (TPSA) is 60.2 Å². The number of hydrogen-bond donors (Lipinski definition) is 1. The van der Waals surface area contributed by atoms with Crippen LogP contribution in [0.5, 0.6) is 0 Å². The molecule has 3 heteroatoms. The van der Waals surface area contributed by atoms with Crippen LogP contribution in [-0.2, 0) is 9.59 Å². The van der Waals surface area contributed by atoms with E-state index in [1.54, 1.807) is 0 Å². The smallest absolute Gasteiger partial charge is 0.217 e. The van der Waals surface area contributed by atoms with Gasteiger partial charge in [0.1, 0.15) is 6.29 Å². The van der Waals surface area contributed by atoms with E-state index < -0.39 is 0 Å². The summed E-state index contributed by atoms with van der Waals surface area (Å²) >= 11 is 0. The summed E-state index contributed by atoms with van der Waals surface area (Å²) in [7, 11) is 0. The zero-order valence-corrected chi connectivity index (χ0v) is 7.80. The summed E-state index contributed by atoms with van der Waals surface area (Å²) < 4.78 is 0. The number of primary amides is 1. The van der Waals surface area contributed by atoms with Gasteiger partial charge in [-0.25, -0.2) is 0 Å². The highest BCUT2D eigenvalue weighted by molar-refractivity contribution is 5.75. The summed E-state index contributed by atoms with van der Waals surface area (Å²) in [5.41, 5.74) is 4.92. The molecule has 0 aromatic rings. The lowest BCUT2D eigenvalue weighted by Crippen LogP contribution is -2.27. The van der Waals surface area contributed by atoms with Gasteiger partial charge in [-0.05, 0) is 18.3 Å². The molecule has 0 aliphatic heterocycles. The Bertz CT molecular complexity index is 162. The number of carbonyl (C=O) groups is 2. The second-order valence-electron chi connectivity index (χ2n) is 3.22. The number of amides is 1. The zero-order valence-electron chi connectivity index (χ0n) is 7.80. The lowest BCUT2D eigenvalue weighted by atomic mass is 9.76. The van der Waals surface area contributed by atoms with Crippen molar-refractivity contribution < 1.29 is 9.59 Å². The SMILES string of the molecule is CCC(CC)(CC=O)CC(N)=O. The van der Waals surface area contributed by atoms with E-state index in [0.29, 0.717) is 12.8 Å². The fourth-order valence-electron chi connectivity index (χ4n) is 1.41. The predicted octanol–water partition coefficient (Wildman–Crippen LogP) is 1.26. The van der Waals surface area contributed by atoms with Gasteiger partial charge in [0.15, 0.2) is 0 Å². The summed E-state index contributed by atoms with van der Waals surface area (Å²) in [6.45, 7) is 3.96. The highest BCUT2D eigenvalue weighted by Gasteiger charge is 2.27. The molecule has 0 spiro atoms. The van der Waals surface area contributed by atoms with Crippen LogP contribution in [0.25, 0.3) is 0 Å². The van der Waals surface area contributed by atoms with Crippen LogP contribution in [0.1, 0.15) is 39.5 Å². The monoisotopic (exact) mass is 171 g/mol. The molecule has 0 radical (unpaired) electrons. The molecule has 0 saturated carbocycles. The van der Waals surface area contributed by atoms with Gasteiger partial charge in [-0.15, -0.1) is 0 Å². The van der Waals surface area contributed by atoms with E-state index in [4.69, 9.17) is 5.73 Å². The third kappa shape index (κ3) is 3.03. The molecular formula is C9H17NO2. The normalized spacial score (nSPS) is 11.2. The Morgan fingerprint density at radius 3 is 2.17 bits per heavy atom. The average molecular weight is 171 g/mol. The van der Waals surface area contributed by atoms with Crippen molar-refractivity contribution in [3.05, 3.63) is 0 Å². The van der Waals surface area contributed by atoms with Gasteiger partial charge >= 0.3 is 0 Å². The summed E-state index contributed by atoms with van der Waals surface area (Å²) in [5.74, 6) is -0.319. The van der Waals surface area contributed by atoms with E-state index in [0.717, 1.165) is 19.1 Å². The number of aldehydes is 1. The Hall–Kier alpha value is -0.860. The van der Waals surface area contributed by atoms with Crippen molar-refractivity contribution in [2.45, 2.75) is 39.5 Å². The molecular weight excluding hydrogens is 154 g/mol. The number of carbonyl (C=O) groups excluding carboxylic acids is 2. The van der Waals surface area contributed by atoms with E-state index in [-0.39, 0.29) is 11.3 Å². The number of rotatable bonds is 6. The number of hydrogen-bond acceptors (Lipinski definition) is 2. The van der Waals surface area contributed by atoms with E-state index in [1.165, 1.54) is 0 Å². The Kier molecular flexibility index (Phi) is 4.55. The fourth-order valence-corrected chi connectivity index (χ4v) is 1.41.